The molecule has 0 fully saturated rings. The molecule has 1 aliphatic rings. The molecule has 12 heavy (non-hydrogen) atoms. The van der Waals surface area contributed by atoms with Crippen molar-refractivity contribution in [2.75, 3.05) is 0 Å². The lowest BCUT2D eigenvalue weighted by Crippen LogP contribution is -2.17. The summed E-state index contributed by atoms with van der Waals surface area (Å²) < 4.78 is 38.7. The molecule has 0 N–H and O–H groups in total. The van der Waals surface area contributed by atoms with Gasteiger partial charge in [0.2, 0.25) is 0 Å². The van der Waals surface area contributed by atoms with Crippen LogP contribution < -0.4 is 0 Å². The number of halogens is 3. The number of hydrogen-bond donors (Lipinski definition) is 0. The van der Waals surface area contributed by atoms with Gasteiger partial charge in [0, 0.05) is 6.42 Å². The fourth-order valence-electron chi connectivity index (χ4n) is 0.740. The maximum Gasteiger partial charge on any atom is 0.573 e. The van der Waals surface area contributed by atoms with Crippen molar-refractivity contribution >= 4 is 17.1 Å². The lowest BCUT2D eigenvalue weighted by Gasteiger charge is -2.13. The van der Waals surface area contributed by atoms with Crippen LogP contribution in [0.3, 0.4) is 0 Å². The van der Waals surface area contributed by atoms with Gasteiger partial charge in [0.1, 0.15) is 5.76 Å². The molecule has 0 aliphatic heterocycles. The molecule has 0 heterocycles. The summed E-state index contributed by atoms with van der Waals surface area (Å²) in [6.45, 7) is 0. The molecule has 0 radical (unpaired) electrons. The summed E-state index contributed by atoms with van der Waals surface area (Å²) in [4.78, 5) is 0.176. The number of thiocarbonyl (C=S) groups is 1. The Labute approximate surface area is 72.5 Å². The minimum Gasteiger partial charge on any atom is -0.405 e. The second kappa shape index (κ2) is 3.26. The average Bonchev–Trinajstić information content (AvgIpc) is 1.91. The maximum absolute atomic E-state index is 11.7. The predicted molar refractivity (Wildman–Crippen MR) is 41.6 cm³/mol. The number of rotatable bonds is 1. The number of hydrogen-bond acceptors (Lipinski definition) is 2. The second-order valence-electron chi connectivity index (χ2n) is 2.13. The van der Waals surface area contributed by atoms with Gasteiger partial charge in [-0.2, -0.15) is 0 Å². The van der Waals surface area contributed by atoms with Crippen LogP contribution in [0.25, 0.3) is 0 Å². The second-order valence-corrected chi connectivity index (χ2v) is 2.63. The summed E-state index contributed by atoms with van der Waals surface area (Å²) in [6, 6.07) is 0. The topological polar surface area (TPSA) is 9.23 Å². The fourth-order valence-corrected chi connectivity index (χ4v) is 0.946. The first kappa shape index (κ1) is 9.25. The van der Waals surface area contributed by atoms with Crippen LogP contribution in [-0.2, 0) is 4.74 Å². The summed E-state index contributed by atoms with van der Waals surface area (Å²) in [5.41, 5.74) is 0. The normalized spacial score (nSPS) is 17.6. The van der Waals surface area contributed by atoms with E-state index in [0.717, 1.165) is 0 Å². The summed E-state index contributed by atoms with van der Waals surface area (Å²) in [5.74, 6) is -0.278. The molecule has 0 aromatic carbocycles. The minimum absolute atomic E-state index is 0.176. The van der Waals surface area contributed by atoms with Gasteiger partial charge in [-0.25, -0.2) is 0 Å². The van der Waals surface area contributed by atoms with Gasteiger partial charge >= 0.3 is 6.36 Å². The van der Waals surface area contributed by atoms with Gasteiger partial charge in [-0.15, -0.1) is 13.2 Å². The van der Waals surface area contributed by atoms with Gasteiger partial charge in [0.05, 0.1) is 4.86 Å². The molecule has 5 heteroatoms. The summed E-state index contributed by atoms with van der Waals surface area (Å²) in [5, 5.41) is 0. The Kier molecular flexibility index (Phi) is 2.52. The van der Waals surface area contributed by atoms with Crippen molar-refractivity contribution in [3.63, 3.8) is 0 Å². The highest BCUT2D eigenvalue weighted by Crippen LogP contribution is 2.23. The first-order valence-electron chi connectivity index (χ1n) is 3.15. The quantitative estimate of drug-likeness (QED) is 0.593. The van der Waals surface area contributed by atoms with Gasteiger partial charge < -0.3 is 4.74 Å². The molecule has 0 bridgehead atoms. The Bertz CT molecular complexity index is 252. The van der Waals surface area contributed by atoms with Gasteiger partial charge in [0.25, 0.3) is 0 Å². The molecule has 0 unspecified atom stereocenters. The van der Waals surface area contributed by atoms with E-state index in [1.54, 1.807) is 6.08 Å². The standard InChI is InChI=1S/C7H5F3OS/c8-7(9,10)11-5-3-1-2-4-6(5)12/h1-3H,4H2. The van der Waals surface area contributed by atoms with Gasteiger partial charge in [-0.05, 0) is 6.08 Å². The highest BCUT2D eigenvalue weighted by Gasteiger charge is 2.33. The first-order chi connectivity index (χ1) is 5.49. The van der Waals surface area contributed by atoms with E-state index in [1.807, 2.05) is 0 Å². The van der Waals surface area contributed by atoms with Crippen molar-refractivity contribution in [1.82, 2.24) is 0 Å². The molecular weight excluding hydrogens is 189 g/mol. The zero-order valence-corrected chi connectivity index (χ0v) is 6.71. The Morgan fingerprint density at radius 2 is 2.08 bits per heavy atom. The monoisotopic (exact) mass is 194 g/mol. The molecule has 1 nitrogen and oxygen atoms in total. The van der Waals surface area contributed by atoms with E-state index >= 15 is 0 Å². The molecule has 0 aromatic rings. The van der Waals surface area contributed by atoms with E-state index in [9.17, 15) is 13.2 Å². The highest BCUT2D eigenvalue weighted by atomic mass is 32.1. The van der Waals surface area contributed by atoms with Crippen molar-refractivity contribution in [2.45, 2.75) is 12.8 Å². The highest BCUT2D eigenvalue weighted by molar-refractivity contribution is 7.80. The third-order valence-electron chi connectivity index (χ3n) is 1.19. The number of alkyl halides is 3. The molecule has 0 saturated carbocycles. The zero-order chi connectivity index (χ0) is 9.19. The minimum atomic E-state index is -4.65. The molecule has 1 rings (SSSR count). The lowest BCUT2D eigenvalue weighted by molar-refractivity contribution is -0.302. The Morgan fingerprint density at radius 1 is 1.42 bits per heavy atom. The molecule has 0 atom stereocenters. The average molecular weight is 194 g/mol. The van der Waals surface area contributed by atoms with Crippen molar-refractivity contribution < 1.29 is 17.9 Å². The third kappa shape index (κ3) is 2.65. The maximum atomic E-state index is 11.7. The smallest absolute Gasteiger partial charge is 0.405 e. The van der Waals surface area contributed by atoms with Crippen LogP contribution in [0, 0.1) is 0 Å². The van der Waals surface area contributed by atoms with Crippen LogP contribution in [-0.4, -0.2) is 11.2 Å². The van der Waals surface area contributed by atoms with Crippen molar-refractivity contribution in [2.24, 2.45) is 0 Å². The molecule has 0 aromatic heterocycles. The third-order valence-corrected chi connectivity index (χ3v) is 1.56. The summed E-state index contributed by atoms with van der Waals surface area (Å²) in [7, 11) is 0. The van der Waals surface area contributed by atoms with Gasteiger partial charge in [-0.1, -0.05) is 24.4 Å². The summed E-state index contributed by atoms with van der Waals surface area (Å²) >= 11 is 4.65. The predicted octanol–water partition coefficient (Wildman–Crippen LogP) is 2.74. The zero-order valence-electron chi connectivity index (χ0n) is 5.89. The summed E-state index contributed by atoms with van der Waals surface area (Å²) in [6.07, 6.45) is 0.0418. The first-order valence-corrected chi connectivity index (χ1v) is 3.55. The van der Waals surface area contributed by atoms with Crippen molar-refractivity contribution in [1.29, 1.82) is 0 Å². The van der Waals surface area contributed by atoms with Crippen molar-refractivity contribution in [3.05, 3.63) is 24.0 Å². The lowest BCUT2D eigenvalue weighted by atomic mass is 10.2. The molecule has 0 spiro atoms. The van der Waals surface area contributed by atoms with E-state index in [1.165, 1.54) is 12.2 Å². The van der Waals surface area contributed by atoms with E-state index in [-0.39, 0.29) is 10.6 Å². The molecule has 0 saturated heterocycles. The molecule has 66 valence electrons. The number of ether oxygens (including phenoxy) is 1. The Morgan fingerprint density at radius 3 is 2.58 bits per heavy atom. The van der Waals surface area contributed by atoms with Crippen LogP contribution >= 0.6 is 12.2 Å². The molecular formula is C7H5F3OS. The molecule has 0 amide bonds. The number of allylic oxidation sites excluding steroid dienone is 4. The fraction of sp³-hybridized carbons (Fsp3) is 0.286. The van der Waals surface area contributed by atoms with Gasteiger partial charge in [-0.3, -0.25) is 0 Å². The van der Waals surface area contributed by atoms with Crippen molar-refractivity contribution in [3.8, 4) is 0 Å². The van der Waals surface area contributed by atoms with E-state index < -0.39 is 6.36 Å². The van der Waals surface area contributed by atoms with Crippen LogP contribution in [0.2, 0.25) is 0 Å². The van der Waals surface area contributed by atoms with Crippen LogP contribution in [0.15, 0.2) is 24.0 Å². The van der Waals surface area contributed by atoms with Crippen LogP contribution in [0.5, 0.6) is 0 Å². The van der Waals surface area contributed by atoms with E-state index in [4.69, 9.17) is 0 Å². The van der Waals surface area contributed by atoms with E-state index in [2.05, 4.69) is 17.0 Å². The van der Waals surface area contributed by atoms with Crippen LogP contribution in [0.1, 0.15) is 6.42 Å². The van der Waals surface area contributed by atoms with E-state index in [0.29, 0.717) is 6.42 Å². The van der Waals surface area contributed by atoms with Gasteiger partial charge in [0.15, 0.2) is 0 Å². The Balaban J connectivity index is 2.68. The SMILES string of the molecule is FC(F)(F)OC1=CC=CCC1=S. The largest absolute Gasteiger partial charge is 0.573 e. The Hall–Kier alpha value is -0.840. The van der Waals surface area contributed by atoms with Crippen LogP contribution in [0.4, 0.5) is 13.2 Å². The molecule has 1 aliphatic carbocycles.